The number of rotatable bonds is 3. The van der Waals surface area contributed by atoms with Crippen LogP contribution in [0.1, 0.15) is 24.0 Å². The highest BCUT2D eigenvalue weighted by atomic mass is 35.5. The number of hydrogen-bond acceptors (Lipinski definition) is 2. The van der Waals surface area contributed by atoms with Gasteiger partial charge in [-0.2, -0.15) is 0 Å². The summed E-state index contributed by atoms with van der Waals surface area (Å²) < 4.78 is 28.3. The Balaban J connectivity index is 1.74. The summed E-state index contributed by atoms with van der Waals surface area (Å²) in [5.41, 5.74) is 3.36. The first-order valence-electron chi connectivity index (χ1n) is 8.05. The van der Waals surface area contributed by atoms with Crippen LogP contribution in [0.15, 0.2) is 41.4 Å². The molecule has 0 aliphatic heterocycles. The topological polar surface area (TPSA) is 62.0 Å². The molecule has 4 rings (SSSR count). The van der Waals surface area contributed by atoms with E-state index in [9.17, 15) is 8.42 Å². The van der Waals surface area contributed by atoms with E-state index in [-0.39, 0.29) is 4.90 Å². The highest BCUT2D eigenvalue weighted by Gasteiger charge is 2.20. The van der Waals surface area contributed by atoms with Gasteiger partial charge in [0.05, 0.1) is 26.1 Å². The second-order valence-corrected chi connectivity index (χ2v) is 8.72. The van der Waals surface area contributed by atoms with E-state index in [1.807, 2.05) is 6.07 Å². The van der Waals surface area contributed by atoms with Gasteiger partial charge >= 0.3 is 0 Å². The molecule has 25 heavy (non-hydrogen) atoms. The number of anilines is 1. The number of aryl methyl sites for hydroxylation is 2. The SMILES string of the molecule is O=S(=O)(Nc1ccc(Cl)c2c(Cl)c[nH]c12)c1ccc2c(c1)CCCC2. The van der Waals surface area contributed by atoms with Gasteiger partial charge in [-0.15, -0.1) is 0 Å². The van der Waals surface area contributed by atoms with Gasteiger partial charge in [0.1, 0.15) is 0 Å². The molecule has 0 bridgehead atoms. The Kier molecular flexibility index (Phi) is 4.18. The van der Waals surface area contributed by atoms with Crippen molar-refractivity contribution in [3.05, 3.63) is 57.7 Å². The zero-order valence-corrected chi connectivity index (χ0v) is 15.6. The predicted octanol–water partition coefficient (Wildman–Crippen LogP) is 5.15. The molecular formula is C18H16Cl2N2O2S. The summed E-state index contributed by atoms with van der Waals surface area (Å²) in [7, 11) is -3.70. The number of aromatic amines is 1. The summed E-state index contributed by atoms with van der Waals surface area (Å²) >= 11 is 12.3. The van der Waals surface area contributed by atoms with E-state index < -0.39 is 10.0 Å². The molecule has 1 aliphatic carbocycles. The van der Waals surface area contributed by atoms with Crippen LogP contribution >= 0.6 is 23.2 Å². The lowest BCUT2D eigenvalue weighted by Crippen LogP contribution is -2.14. The summed E-state index contributed by atoms with van der Waals surface area (Å²) in [5.74, 6) is 0. The third kappa shape index (κ3) is 3.01. The molecule has 7 heteroatoms. The number of hydrogen-bond donors (Lipinski definition) is 2. The molecule has 1 aromatic heterocycles. The summed E-state index contributed by atoms with van der Waals surface area (Å²) in [6.45, 7) is 0. The Hall–Kier alpha value is -1.69. The van der Waals surface area contributed by atoms with E-state index in [0.29, 0.717) is 26.6 Å². The van der Waals surface area contributed by atoms with Crippen LogP contribution in [-0.2, 0) is 22.9 Å². The number of fused-ring (bicyclic) bond motifs is 2. The zero-order valence-electron chi connectivity index (χ0n) is 13.3. The number of H-pyrrole nitrogens is 1. The zero-order chi connectivity index (χ0) is 17.6. The second kappa shape index (κ2) is 6.24. The largest absolute Gasteiger partial charge is 0.358 e. The highest BCUT2D eigenvalue weighted by Crippen LogP contribution is 2.35. The average molecular weight is 395 g/mol. The molecule has 0 fully saturated rings. The van der Waals surface area contributed by atoms with Crippen molar-refractivity contribution < 1.29 is 8.42 Å². The lowest BCUT2D eigenvalue weighted by atomic mass is 9.92. The summed E-state index contributed by atoms with van der Waals surface area (Å²) in [6, 6.07) is 8.64. The van der Waals surface area contributed by atoms with Crippen molar-refractivity contribution in [2.24, 2.45) is 0 Å². The number of benzene rings is 2. The van der Waals surface area contributed by atoms with Gasteiger partial charge in [0.2, 0.25) is 0 Å². The van der Waals surface area contributed by atoms with Crippen molar-refractivity contribution in [3.8, 4) is 0 Å². The van der Waals surface area contributed by atoms with E-state index in [2.05, 4.69) is 9.71 Å². The number of sulfonamides is 1. The fourth-order valence-corrected chi connectivity index (χ4v) is 5.01. The summed E-state index contributed by atoms with van der Waals surface area (Å²) in [5, 5.41) is 1.53. The van der Waals surface area contributed by atoms with Gasteiger partial charge in [-0.3, -0.25) is 4.72 Å². The van der Waals surface area contributed by atoms with Gasteiger partial charge in [0.25, 0.3) is 10.0 Å². The van der Waals surface area contributed by atoms with Crippen LogP contribution in [0.4, 0.5) is 5.69 Å². The van der Waals surface area contributed by atoms with E-state index in [1.54, 1.807) is 30.5 Å². The quantitative estimate of drug-likeness (QED) is 0.644. The maximum atomic E-state index is 12.8. The van der Waals surface area contributed by atoms with Gasteiger partial charge in [-0.25, -0.2) is 8.42 Å². The van der Waals surface area contributed by atoms with Crippen LogP contribution in [0.25, 0.3) is 10.9 Å². The first-order chi connectivity index (χ1) is 12.0. The molecule has 1 aliphatic rings. The summed E-state index contributed by atoms with van der Waals surface area (Å²) in [6.07, 6.45) is 5.79. The normalized spacial score (nSPS) is 14.5. The first kappa shape index (κ1) is 16.8. The molecule has 130 valence electrons. The van der Waals surface area contributed by atoms with Crippen molar-refractivity contribution in [1.29, 1.82) is 0 Å². The van der Waals surface area contributed by atoms with Crippen LogP contribution in [-0.4, -0.2) is 13.4 Å². The molecule has 0 radical (unpaired) electrons. The molecule has 0 spiro atoms. The van der Waals surface area contributed by atoms with Crippen molar-refractivity contribution >= 4 is 49.8 Å². The molecule has 0 unspecified atom stereocenters. The van der Waals surface area contributed by atoms with Crippen LogP contribution in [0.2, 0.25) is 10.0 Å². The Morgan fingerprint density at radius 3 is 2.52 bits per heavy atom. The fourth-order valence-electron chi connectivity index (χ4n) is 3.33. The number of nitrogens with one attached hydrogen (secondary N) is 2. The predicted molar refractivity (Wildman–Crippen MR) is 102 cm³/mol. The molecule has 0 atom stereocenters. The molecule has 2 aromatic carbocycles. The van der Waals surface area contributed by atoms with Crippen molar-refractivity contribution in [2.45, 2.75) is 30.6 Å². The maximum Gasteiger partial charge on any atom is 0.261 e. The Morgan fingerprint density at radius 2 is 1.72 bits per heavy atom. The van der Waals surface area contributed by atoms with Crippen LogP contribution in [0.5, 0.6) is 0 Å². The van der Waals surface area contributed by atoms with Gasteiger partial charge in [0.15, 0.2) is 0 Å². The van der Waals surface area contributed by atoms with Gasteiger partial charge in [-0.05, 0) is 61.1 Å². The Labute approximate surface area is 156 Å². The van der Waals surface area contributed by atoms with E-state index >= 15 is 0 Å². The molecular weight excluding hydrogens is 379 g/mol. The minimum atomic E-state index is -3.70. The minimum Gasteiger partial charge on any atom is -0.358 e. The van der Waals surface area contributed by atoms with Crippen LogP contribution in [0, 0.1) is 0 Å². The Morgan fingerprint density at radius 1 is 0.960 bits per heavy atom. The first-order valence-corrected chi connectivity index (χ1v) is 10.3. The molecule has 0 saturated carbocycles. The lowest BCUT2D eigenvalue weighted by molar-refractivity contribution is 0.600. The van der Waals surface area contributed by atoms with Crippen molar-refractivity contribution in [2.75, 3.05) is 4.72 Å². The number of aromatic nitrogens is 1. The standard InChI is InChI=1S/C18H16Cl2N2O2S/c19-14-7-8-16(18-17(14)15(20)10-21-18)22-25(23,24)13-6-5-11-3-1-2-4-12(11)9-13/h5-10,21-22H,1-4H2. The molecule has 4 nitrogen and oxygen atoms in total. The minimum absolute atomic E-state index is 0.272. The molecule has 2 N–H and O–H groups in total. The van der Waals surface area contributed by atoms with Gasteiger partial charge in [-0.1, -0.05) is 29.3 Å². The van der Waals surface area contributed by atoms with E-state index in [4.69, 9.17) is 23.2 Å². The summed E-state index contributed by atoms with van der Waals surface area (Å²) in [4.78, 5) is 3.25. The van der Waals surface area contributed by atoms with Crippen LogP contribution < -0.4 is 4.72 Å². The highest BCUT2D eigenvalue weighted by molar-refractivity contribution is 7.92. The lowest BCUT2D eigenvalue weighted by Gasteiger charge is -2.17. The monoisotopic (exact) mass is 394 g/mol. The molecule has 1 heterocycles. The van der Waals surface area contributed by atoms with E-state index in [1.165, 1.54) is 5.56 Å². The maximum absolute atomic E-state index is 12.8. The fraction of sp³-hybridized carbons (Fsp3) is 0.222. The molecule has 0 saturated heterocycles. The van der Waals surface area contributed by atoms with E-state index in [0.717, 1.165) is 31.2 Å². The average Bonchev–Trinajstić information content (AvgIpc) is 3.00. The van der Waals surface area contributed by atoms with Gasteiger partial charge in [0, 0.05) is 11.6 Å². The second-order valence-electron chi connectivity index (χ2n) is 6.22. The number of halogens is 2. The smallest absolute Gasteiger partial charge is 0.261 e. The third-order valence-corrected chi connectivity index (χ3v) is 6.59. The van der Waals surface area contributed by atoms with Crippen molar-refractivity contribution in [1.82, 2.24) is 4.98 Å². The van der Waals surface area contributed by atoms with Crippen molar-refractivity contribution in [3.63, 3.8) is 0 Å². The Bertz CT molecular complexity index is 1070. The third-order valence-electron chi connectivity index (χ3n) is 4.61. The molecule has 0 amide bonds. The van der Waals surface area contributed by atoms with Crippen LogP contribution in [0.3, 0.4) is 0 Å². The van der Waals surface area contributed by atoms with Gasteiger partial charge < -0.3 is 4.98 Å². The molecule has 3 aromatic rings.